The topological polar surface area (TPSA) is 6.48 Å². The number of hydrogen-bond acceptors (Lipinski definition) is 2. The summed E-state index contributed by atoms with van der Waals surface area (Å²) in [6.45, 7) is 4.23. The monoisotopic (exact) mass is 316 g/mol. The molecule has 2 heteroatoms. The minimum Gasteiger partial charge on any atom is -0.378 e. The molecular weight excluding hydrogens is 292 g/mol. The molecule has 0 saturated heterocycles. The number of benzene rings is 2. The number of hydrogen-bond donors (Lipinski definition) is 0. The zero-order chi connectivity index (χ0) is 17.3. The Morgan fingerprint density at radius 2 is 1.08 bits per heavy atom. The van der Waals surface area contributed by atoms with Crippen LogP contribution in [-0.4, -0.2) is 28.2 Å². The Balaban J connectivity index is 2.02. The van der Waals surface area contributed by atoms with E-state index in [0.29, 0.717) is 0 Å². The van der Waals surface area contributed by atoms with Crippen LogP contribution in [0.2, 0.25) is 0 Å². The van der Waals surface area contributed by atoms with E-state index >= 15 is 0 Å². The maximum Gasteiger partial charge on any atom is 0.0361 e. The van der Waals surface area contributed by atoms with Gasteiger partial charge in [-0.3, -0.25) is 0 Å². The predicted molar refractivity (Wildman–Crippen MR) is 107 cm³/mol. The molecule has 2 aromatic rings. The second kappa shape index (κ2) is 6.40. The molecule has 1 aliphatic rings. The Morgan fingerprint density at radius 1 is 0.625 bits per heavy atom. The highest BCUT2D eigenvalue weighted by molar-refractivity contribution is 6.06. The van der Waals surface area contributed by atoms with Gasteiger partial charge < -0.3 is 9.80 Å². The van der Waals surface area contributed by atoms with Crippen LogP contribution in [0.4, 0.5) is 11.4 Å². The van der Waals surface area contributed by atoms with Crippen LogP contribution in [0.1, 0.15) is 11.1 Å². The van der Waals surface area contributed by atoms with Gasteiger partial charge in [-0.05, 0) is 52.1 Å². The highest BCUT2D eigenvalue weighted by Crippen LogP contribution is 2.38. The molecule has 0 heterocycles. The van der Waals surface area contributed by atoms with Crippen LogP contribution >= 0.6 is 0 Å². The lowest BCUT2D eigenvalue weighted by Gasteiger charge is -2.15. The van der Waals surface area contributed by atoms with Gasteiger partial charge in [0.25, 0.3) is 0 Å². The third-order valence-electron chi connectivity index (χ3n) is 4.41. The Hall–Kier alpha value is -2.74. The van der Waals surface area contributed by atoms with Gasteiger partial charge in [0.05, 0.1) is 0 Å². The van der Waals surface area contributed by atoms with Gasteiger partial charge in [-0.1, -0.05) is 43.0 Å². The van der Waals surface area contributed by atoms with Gasteiger partial charge in [0.2, 0.25) is 0 Å². The maximum atomic E-state index is 4.23. The molecule has 0 amide bonds. The molecule has 0 N–H and O–H groups in total. The summed E-state index contributed by atoms with van der Waals surface area (Å²) >= 11 is 0. The predicted octanol–water partition coefficient (Wildman–Crippen LogP) is 4.86. The van der Waals surface area contributed by atoms with Crippen molar-refractivity contribution in [2.45, 2.75) is 0 Å². The van der Waals surface area contributed by atoms with Crippen molar-refractivity contribution in [3.63, 3.8) is 0 Å². The third-order valence-corrected chi connectivity index (χ3v) is 4.41. The largest absolute Gasteiger partial charge is 0.378 e. The Labute approximate surface area is 145 Å². The van der Waals surface area contributed by atoms with E-state index in [0.717, 1.165) is 5.57 Å². The molecule has 0 radical (unpaired) electrons. The van der Waals surface area contributed by atoms with Crippen molar-refractivity contribution in [3.05, 3.63) is 84.0 Å². The van der Waals surface area contributed by atoms with Crippen molar-refractivity contribution >= 4 is 22.5 Å². The Morgan fingerprint density at radius 3 is 1.54 bits per heavy atom. The van der Waals surface area contributed by atoms with E-state index in [9.17, 15) is 0 Å². The first-order chi connectivity index (χ1) is 11.5. The Bertz CT molecular complexity index is 751. The molecule has 2 aromatic carbocycles. The van der Waals surface area contributed by atoms with Crippen LogP contribution in [0.15, 0.2) is 72.8 Å². The van der Waals surface area contributed by atoms with Crippen LogP contribution in [-0.2, 0) is 0 Å². The van der Waals surface area contributed by atoms with E-state index in [-0.39, 0.29) is 0 Å². The van der Waals surface area contributed by atoms with Gasteiger partial charge >= 0.3 is 0 Å². The average Bonchev–Trinajstić information content (AvgIpc) is 2.96. The van der Waals surface area contributed by atoms with E-state index in [1.54, 1.807) is 0 Å². The van der Waals surface area contributed by atoms with Crippen molar-refractivity contribution in [1.82, 2.24) is 0 Å². The molecule has 2 nitrogen and oxygen atoms in total. The fourth-order valence-corrected chi connectivity index (χ4v) is 2.97. The minimum atomic E-state index is 1.07. The molecule has 0 saturated carbocycles. The van der Waals surface area contributed by atoms with E-state index in [4.69, 9.17) is 0 Å². The zero-order valence-corrected chi connectivity index (χ0v) is 14.9. The molecular formula is C22H24N2. The fraction of sp³-hybridized carbons (Fsp3) is 0.182. The van der Waals surface area contributed by atoms with Gasteiger partial charge in [-0.25, -0.2) is 0 Å². The van der Waals surface area contributed by atoms with Crippen LogP contribution in [0.3, 0.4) is 0 Å². The summed E-state index contributed by atoms with van der Waals surface area (Å²) in [7, 11) is 8.23. The third kappa shape index (κ3) is 3.00. The molecule has 122 valence electrons. The van der Waals surface area contributed by atoms with Gasteiger partial charge in [0.15, 0.2) is 0 Å². The first-order valence-corrected chi connectivity index (χ1v) is 8.14. The normalized spacial score (nSPS) is 13.6. The van der Waals surface area contributed by atoms with E-state index in [1.165, 1.54) is 33.6 Å². The van der Waals surface area contributed by atoms with Gasteiger partial charge in [0.1, 0.15) is 0 Å². The first-order valence-electron chi connectivity index (χ1n) is 8.14. The molecule has 0 spiro atoms. The maximum absolute atomic E-state index is 4.23. The van der Waals surface area contributed by atoms with Crippen LogP contribution in [0.25, 0.3) is 11.1 Å². The molecule has 24 heavy (non-hydrogen) atoms. The zero-order valence-electron chi connectivity index (χ0n) is 14.9. The van der Waals surface area contributed by atoms with Gasteiger partial charge in [-0.2, -0.15) is 0 Å². The summed E-state index contributed by atoms with van der Waals surface area (Å²) in [5, 5.41) is 0. The summed E-state index contributed by atoms with van der Waals surface area (Å²) in [6, 6.07) is 17.3. The first kappa shape index (κ1) is 16.1. The second-order valence-electron chi connectivity index (χ2n) is 6.53. The summed E-state index contributed by atoms with van der Waals surface area (Å²) < 4.78 is 0. The number of allylic oxidation sites excluding steroid dienone is 5. The molecule has 0 bridgehead atoms. The molecule has 0 atom stereocenters. The average molecular weight is 316 g/mol. The van der Waals surface area contributed by atoms with Crippen molar-refractivity contribution in [3.8, 4) is 0 Å². The highest BCUT2D eigenvalue weighted by atomic mass is 15.1. The van der Waals surface area contributed by atoms with Crippen LogP contribution < -0.4 is 9.80 Å². The standard InChI is InChI=1S/C22H24N2/c1-16-6-15-21(17-7-11-19(12-8-17)23(2)3)22(16)18-9-13-20(14-10-18)24(4)5/h6-15H,1H2,2-5H3. The van der Waals surface area contributed by atoms with Gasteiger partial charge in [0, 0.05) is 39.6 Å². The Kier molecular flexibility index (Phi) is 4.30. The number of anilines is 2. The van der Waals surface area contributed by atoms with Crippen molar-refractivity contribution in [1.29, 1.82) is 0 Å². The summed E-state index contributed by atoms with van der Waals surface area (Å²) in [5.74, 6) is 0. The molecule has 0 aromatic heterocycles. The van der Waals surface area contributed by atoms with Crippen LogP contribution in [0.5, 0.6) is 0 Å². The summed E-state index contributed by atoms with van der Waals surface area (Å²) in [6.07, 6.45) is 4.27. The summed E-state index contributed by atoms with van der Waals surface area (Å²) in [4.78, 5) is 4.23. The lowest BCUT2D eigenvalue weighted by molar-refractivity contribution is 1.13. The van der Waals surface area contributed by atoms with E-state index < -0.39 is 0 Å². The number of rotatable bonds is 4. The lowest BCUT2D eigenvalue weighted by Crippen LogP contribution is -2.08. The number of nitrogens with zero attached hydrogens (tertiary/aromatic N) is 2. The summed E-state index contributed by atoms with van der Waals surface area (Å²) in [5.41, 5.74) is 8.37. The molecule has 0 aliphatic heterocycles. The SMILES string of the molecule is C=C1C=CC(c2ccc(N(C)C)cc2)=C1c1ccc(N(C)C)cc1. The van der Waals surface area contributed by atoms with E-state index in [1.807, 2.05) is 0 Å². The highest BCUT2D eigenvalue weighted by Gasteiger charge is 2.16. The molecule has 0 unspecified atom stereocenters. The van der Waals surface area contributed by atoms with Crippen molar-refractivity contribution in [2.75, 3.05) is 38.0 Å². The van der Waals surface area contributed by atoms with Crippen LogP contribution in [0, 0.1) is 0 Å². The molecule has 1 aliphatic carbocycles. The minimum absolute atomic E-state index is 1.07. The quantitative estimate of drug-likeness (QED) is 0.795. The lowest BCUT2D eigenvalue weighted by atomic mass is 9.94. The fourth-order valence-electron chi connectivity index (χ4n) is 2.97. The molecule has 3 rings (SSSR count). The van der Waals surface area contributed by atoms with Gasteiger partial charge in [-0.15, -0.1) is 0 Å². The molecule has 0 fully saturated rings. The van der Waals surface area contributed by atoms with E-state index in [2.05, 4.69) is 105 Å². The van der Waals surface area contributed by atoms with Crippen molar-refractivity contribution in [2.24, 2.45) is 0 Å². The van der Waals surface area contributed by atoms with Crippen molar-refractivity contribution < 1.29 is 0 Å². The smallest absolute Gasteiger partial charge is 0.0361 e. The second-order valence-corrected chi connectivity index (χ2v) is 6.53.